The number of benzene rings is 1. The molecular formula is C21H23N3O2S2. The summed E-state index contributed by atoms with van der Waals surface area (Å²) in [4.78, 5) is 32.2. The van der Waals surface area contributed by atoms with Gasteiger partial charge in [-0.25, -0.2) is 4.98 Å². The standard InChI is InChI=1S/C21H23N3O2S2/c1-11-8-9-15(12(2)10-11)24-20(26)17-14-6-4-5-7-16(14)28-19(17)23-21(24)27-13(3)18(22)25/h8-10,13H,4-7H2,1-3H3,(H2,22,25)/t13-/m0/s1. The number of aromatic nitrogens is 2. The highest BCUT2D eigenvalue weighted by Crippen LogP contribution is 2.36. The van der Waals surface area contributed by atoms with Gasteiger partial charge in [0.15, 0.2) is 5.16 Å². The number of thioether (sulfide) groups is 1. The third kappa shape index (κ3) is 3.26. The van der Waals surface area contributed by atoms with Gasteiger partial charge in [-0.3, -0.25) is 14.2 Å². The summed E-state index contributed by atoms with van der Waals surface area (Å²) < 4.78 is 1.67. The molecule has 4 rings (SSSR count). The molecule has 0 saturated carbocycles. The van der Waals surface area contributed by atoms with Gasteiger partial charge in [0.1, 0.15) is 4.83 Å². The van der Waals surface area contributed by atoms with Crippen LogP contribution in [0, 0.1) is 13.8 Å². The van der Waals surface area contributed by atoms with Crippen LogP contribution in [0.15, 0.2) is 28.2 Å². The van der Waals surface area contributed by atoms with E-state index in [0.717, 1.165) is 52.7 Å². The minimum Gasteiger partial charge on any atom is -0.369 e. The molecular weight excluding hydrogens is 390 g/mol. The molecule has 1 aliphatic carbocycles. The average Bonchev–Trinajstić information content (AvgIpc) is 3.01. The molecule has 0 saturated heterocycles. The molecule has 0 spiro atoms. The Morgan fingerprint density at radius 1 is 1.29 bits per heavy atom. The number of carbonyl (C=O) groups is 1. The van der Waals surface area contributed by atoms with Crippen LogP contribution in [0.3, 0.4) is 0 Å². The Morgan fingerprint density at radius 3 is 2.75 bits per heavy atom. The molecule has 146 valence electrons. The Bertz CT molecular complexity index is 1150. The zero-order valence-electron chi connectivity index (χ0n) is 16.2. The van der Waals surface area contributed by atoms with E-state index in [9.17, 15) is 9.59 Å². The van der Waals surface area contributed by atoms with E-state index in [1.807, 2.05) is 26.0 Å². The topological polar surface area (TPSA) is 78.0 Å². The normalized spacial score (nSPS) is 14.8. The average molecular weight is 414 g/mol. The van der Waals surface area contributed by atoms with Gasteiger partial charge in [-0.15, -0.1) is 11.3 Å². The van der Waals surface area contributed by atoms with Crippen LogP contribution in [0.4, 0.5) is 0 Å². The third-order valence-electron chi connectivity index (χ3n) is 5.23. The highest BCUT2D eigenvalue weighted by Gasteiger charge is 2.25. The summed E-state index contributed by atoms with van der Waals surface area (Å²) in [5, 5.41) is 0.793. The summed E-state index contributed by atoms with van der Waals surface area (Å²) in [5.74, 6) is -0.419. The Balaban J connectivity index is 2.02. The van der Waals surface area contributed by atoms with Gasteiger partial charge in [0.05, 0.1) is 16.3 Å². The minimum absolute atomic E-state index is 0.0458. The molecule has 2 aromatic heterocycles. The van der Waals surface area contributed by atoms with Crippen molar-refractivity contribution in [1.82, 2.24) is 9.55 Å². The number of nitrogens with two attached hydrogens (primary N) is 1. The molecule has 28 heavy (non-hydrogen) atoms. The summed E-state index contributed by atoms with van der Waals surface area (Å²) in [7, 11) is 0. The maximum atomic E-state index is 13.7. The lowest BCUT2D eigenvalue weighted by Crippen LogP contribution is -2.27. The number of thiophene rings is 1. The Morgan fingerprint density at radius 2 is 2.04 bits per heavy atom. The molecule has 0 aliphatic heterocycles. The van der Waals surface area contributed by atoms with E-state index in [0.29, 0.717) is 5.16 Å². The second-order valence-corrected chi connectivity index (χ2v) is 9.77. The molecule has 2 heterocycles. The number of hydrogen-bond acceptors (Lipinski definition) is 5. The van der Waals surface area contributed by atoms with E-state index in [1.165, 1.54) is 22.2 Å². The van der Waals surface area contributed by atoms with Crippen LogP contribution in [0.5, 0.6) is 0 Å². The van der Waals surface area contributed by atoms with Crippen molar-refractivity contribution in [2.24, 2.45) is 5.73 Å². The van der Waals surface area contributed by atoms with Gasteiger partial charge in [0, 0.05) is 4.88 Å². The van der Waals surface area contributed by atoms with Gasteiger partial charge >= 0.3 is 0 Å². The number of rotatable bonds is 4. The van der Waals surface area contributed by atoms with Crippen molar-refractivity contribution in [3.05, 3.63) is 50.1 Å². The number of aryl methyl sites for hydroxylation is 4. The lowest BCUT2D eigenvalue weighted by molar-refractivity contribution is -0.117. The van der Waals surface area contributed by atoms with E-state index in [2.05, 4.69) is 6.07 Å². The summed E-state index contributed by atoms with van der Waals surface area (Å²) >= 11 is 2.87. The first-order valence-corrected chi connectivity index (χ1v) is 11.2. The fourth-order valence-corrected chi connectivity index (χ4v) is 5.92. The van der Waals surface area contributed by atoms with Crippen LogP contribution >= 0.6 is 23.1 Å². The molecule has 0 fully saturated rings. The summed E-state index contributed by atoms with van der Waals surface area (Å²) in [6.07, 6.45) is 4.21. The Kier molecular flexibility index (Phi) is 5.05. The zero-order valence-corrected chi connectivity index (χ0v) is 17.9. The van der Waals surface area contributed by atoms with Crippen LogP contribution in [-0.4, -0.2) is 20.7 Å². The number of amides is 1. The third-order valence-corrected chi connectivity index (χ3v) is 7.49. The zero-order chi connectivity index (χ0) is 20.0. The number of carbonyl (C=O) groups excluding carboxylic acids is 1. The first-order valence-electron chi connectivity index (χ1n) is 9.47. The first kappa shape index (κ1) is 19.2. The first-order chi connectivity index (χ1) is 13.4. The summed E-state index contributed by atoms with van der Waals surface area (Å²) in [6, 6.07) is 6.01. The van der Waals surface area contributed by atoms with Crippen molar-refractivity contribution in [2.75, 3.05) is 0 Å². The fourth-order valence-electron chi connectivity index (χ4n) is 3.75. The quantitative estimate of drug-likeness (QED) is 0.520. The predicted molar refractivity (Wildman–Crippen MR) is 116 cm³/mol. The van der Waals surface area contributed by atoms with Crippen LogP contribution in [0.1, 0.15) is 41.3 Å². The van der Waals surface area contributed by atoms with Gasteiger partial charge in [0.25, 0.3) is 5.56 Å². The van der Waals surface area contributed by atoms with Crippen LogP contribution in [0.2, 0.25) is 0 Å². The SMILES string of the molecule is Cc1ccc(-n2c(S[C@@H](C)C(N)=O)nc3sc4c(c3c2=O)CCCC4)c(C)c1. The fraction of sp³-hybridized carbons (Fsp3) is 0.381. The molecule has 7 heteroatoms. The molecule has 0 radical (unpaired) electrons. The molecule has 3 aromatic rings. The van der Waals surface area contributed by atoms with E-state index in [1.54, 1.807) is 22.8 Å². The van der Waals surface area contributed by atoms with Crippen molar-refractivity contribution in [2.45, 2.75) is 56.9 Å². The summed E-state index contributed by atoms with van der Waals surface area (Å²) in [6.45, 7) is 5.77. The van der Waals surface area contributed by atoms with Gasteiger partial charge in [-0.1, -0.05) is 29.5 Å². The largest absolute Gasteiger partial charge is 0.369 e. The summed E-state index contributed by atoms with van der Waals surface area (Å²) in [5.41, 5.74) is 9.54. The second-order valence-electron chi connectivity index (χ2n) is 7.38. The van der Waals surface area contributed by atoms with Crippen molar-refractivity contribution >= 4 is 39.2 Å². The molecule has 1 aliphatic rings. The van der Waals surface area contributed by atoms with Crippen LogP contribution in [0.25, 0.3) is 15.9 Å². The number of nitrogens with zero attached hydrogens (tertiary/aromatic N) is 2. The van der Waals surface area contributed by atoms with E-state index < -0.39 is 11.2 Å². The maximum absolute atomic E-state index is 13.7. The Labute approximate surface area is 172 Å². The van der Waals surface area contributed by atoms with E-state index >= 15 is 0 Å². The number of primary amides is 1. The van der Waals surface area contributed by atoms with Crippen LogP contribution in [-0.2, 0) is 17.6 Å². The predicted octanol–water partition coefficient (Wildman–Crippen LogP) is 3.91. The van der Waals surface area contributed by atoms with E-state index in [4.69, 9.17) is 10.7 Å². The number of fused-ring (bicyclic) bond motifs is 3. The lowest BCUT2D eigenvalue weighted by Gasteiger charge is -2.17. The van der Waals surface area contributed by atoms with Gasteiger partial charge in [-0.05, 0) is 63.6 Å². The number of hydrogen-bond donors (Lipinski definition) is 1. The van der Waals surface area contributed by atoms with Gasteiger partial charge < -0.3 is 5.73 Å². The smallest absolute Gasteiger partial charge is 0.267 e. The minimum atomic E-state index is -0.476. The molecule has 1 atom stereocenters. The van der Waals surface area contributed by atoms with Crippen LogP contribution < -0.4 is 11.3 Å². The monoisotopic (exact) mass is 413 g/mol. The highest BCUT2D eigenvalue weighted by molar-refractivity contribution is 8.00. The van der Waals surface area contributed by atoms with Gasteiger partial charge in [-0.2, -0.15) is 0 Å². The van der Waals surface area contributed by atoms with Crippen molar-refractivity contribution in [3.8, 4) is 5.69 Å². The lowest BCUT2D eigenvalue weighted by atomic mass is 9.97. The second kappa shape index (κ2) is 7.37. The molecule has 0 unspecified atom stereocenters. The van der Waals surface area contributed by atoms with Gasteiger partial charge in [0.2, 0.25) is 5.91 Å². The van der Waals surface area contributed by atoms with E-state index in [-0.39, 0.29) is 5.56 Å². The molecule has 0 bridgehead atoms. The highest BCUT2D eigenvalue weighted by atomic mass is 32.2. The molecule has 1 aromatic carbocycles. The molecule has 1 amide bonds. The molecule has 2 N–H and O–H groups in total. The molecule has 5 nitrogen and oxygen atoms in total. The van der Waals surface area contributed by atoms with Crippen molar-refractivity contribution < 1.29 is 4.79 Å². The maximum Gasteiger partial charge on any atom is 0.267 e. The van der Waals surface area contributed by atoms with Crippen molar-refractivity contribution in [1.29, 1.82) is 0 Å². The van der Waals surface area contributed by atoms with Crippen molar-refractivity contribution in [3.63, 3.8) is 0 Å². The Hall–Kier alpha value is -2.12.